The molecule has 0 aliphatic heterocycles. The maximum absolute atomic E-state index is 8.52. The van der Waals surface area contributed by atoms with E-state index in [1.807, 2.05) is 0 Å². The molecule has 0 aliphatic rings. The van der Waals surface area contributed by atoms with Gasteiger partial charge in [-0.15, -0.1) is 0 Å². The van der Waals surface area contributed by atoms with Gasteiger partial charge in [-0.25, -0.2) is 0 Å². The fraction of sp³-hybridized carbons (Fsp3) is 0. The molecule has 0 radical (unpaired) electrons. The van der Waals surface area contributed by atoms with Crippen LogP contribution in [0.15, 0.2) is 0 Å². The van der Waals surface area contributed by atoms with Gasteiger partial charge in [0.1, 0.15) is 0 Å². The van der Waals surface area contributed by atoms with E-state index in [-0.39, 0.29) is 97.6 Å². The molecule has 0 aromatic rings. The van der Waals surface area contributed by atoms with Crippen LogP contribution >= 0.6 is 0 Å². The first kappa shape index (κ1) is 29.9. The van der Waals surface area contributed by atoms with E-state index in [0.29, 0.717) is 0 Å². The second kappa shape index (κ2) is 13.2. The molecule has 6 nitrogen and oxygen atoms in total. The Labute approximate surface area is 123 Å². The van der Waals surface area contributed by atoms with Gasteiger partial charge in [-0.3, -0.25) is 8.42 Å². The summed E-state index contributed by atoms with van der Waals surface area (Å²) in [5.41, 5.74) is 0. The minimum atomic E-state index is -5.17. The average molecular weight is 307 g/mol. The molecular formula is H2BaCaO6S. The first-order chi connectivity index (χ1) is 2.00. The summed E-state index contributed by atoms with van der Waals surface area (Å²) >= 11 is 0. The summed E-state index contributed by atoms with van der Waals surface area (Å²) in [4.78, 5) is 0. The molecule has 48 valence electrons. The molecule has 0 aliphatic carbocycles. The molecule has 9 heavy (non-hydrogen) atoms. The van der Waals surface area contributed by atoms with Crippen LogP contribution < -0.4 is 0 Å². The van der Waals surface area contributed by atoms with E-state index in [9.17, 15) is 0 Å². The van der Waals surface area contributed by atoms with E-state index < -0.39 is 10.4 Å². The molecule has 0 spiro atoms. The zero-order valence-corrected chi connectivity index (χ0v) is 11.8. The Hall–Kier alpha value is 2.62. The van der Waals surface area contributed by atoms with Crippen LogP contribution in [0.5, 0.6) is 0 Å². The Balaban J connectivity index is -0.0000000133. The number of hydrogen-bond acceptors (Lipinski definition) is 6. The molecule has 9 heteroatoms. The summed E-state index contributed by atoms with van der Waals surface area (Å²) in [5.74, 6) is 0. The first-order valence-electron chi connectivity index (χ1n) is 0.667. The molecule has 0 heterocycles. The van der Waals surface area contributed by atoms with Gasteiger partial charge in [0.15, 0.2) is 0 Å². The molecule has 0 bridgehead atoms. The summed E-state index contributed by atoms with van der Waals surface area (Å²) < 4.78 is 34.1. The summed E-state index contributed by atoms with van der Waals surface area (Å²) in [6, 6.07) is 0. The Morgan fingerprint density at radius 3 is 1.00 bits per heavy atom. The zero-order valence-electron chi connectivity index (χ0n) is 4.35. The van der Waals surface area contributed by atoms with E-state index >= 15 is 0 Å². The molecule has 0 aromatic heterocycles. The summed E-state index contributed by atoms with van der Waals surface area (Å²) in [5, 5.41) is 0. The van der Waals surface area contributed by atoms with Crippen molar-refractivity contribution in [2.45, 2.75) is 0 Å². The van der Waals surface area contributed by atoms with Gasteiger partial charge in [0.05, 0.1) is 0 Å². The first-order valence-corrected chi connectivity index (χ1v) is 2.00. The number of hydrogen-bond donors (Lipinski definition) is 0. The van der Waals surface area contributed by atoms with Crippen LogP contribution in [0.4, 0.5) is 0 Å². The smallest absolute Gasteiger partial charge is 0.870 e. The third kappa shape index (κ3) is 115. The summed E-state index contributed by atoms with van der Waals surface area (Å²) in [6.07, 6.45) is 0. The van der Waals surface area contributed by atoms with Gasteiger partial charge < -0.3 is 20.1 Å². The van der Waals surface area contributed by atoms with Gasteiger partial charge in [0, 0.05) is 10.4 Å². The molecule has 0 saturated carbocycles. The van der Waals surface area contributed by atoms with Crippen molar-refractivity contribution in [2.75, 3.05) is 0 Å². The molecule has 0 rings (SSSR count). The van der Waals surface area contributed by atoms with E-state index in [4.69, 9.17) is 17.5 Å². The van der Waals surface area contributed by atoms with Crippen molar-refractivity contribution in [2.24, 2.45) is 0 Å². The fourth-order valence-electron chi connectivity index (χ4n) is 0. The Bertz CT molecular complexity index is 96.2. The van der Waals surface area contributed by atoms with Crippen molar-refractivity contribution in [1.82, 2.24) is 0 Å². The Kier molecular flexibility index (Phi) is 44.0. The molecule has 2 N–H and O–H groups in total. The van der Waals surface area contributed by atoms with Gasteiger partial charge >= 0.3 is 86.6 Å². The van der Waals surface area contributed by atoms with Crippen LogP contribution in [0, 0.1) is 0 Å². The molecule has 0 unspecified atom stereocenters. The van der Waals surface area contributed by atoms with Crippen molar-refractivity contribution >= 4 is 97.0 Å². The fourth-order valence-corrected chi connectivity index (χ4v) is 0. The third-order valence-corrected chi connectivity index (χ3v) is 0. The molecule has 0 atom stereocenters. The normalized spacial score (nSPS) is 6.44. The van der Waals surface area contributed by atoms with Crippen LogP contribution in [0.3, 0.4) is 0 Å². The van der Waals surface area contributed by atoms with Gasteiger partial charge in [-0.1, -0.05) is 0 Å². The topological polar surface area (TPSA) is 140 Å². The van der Waals surface area contributed by atoms with Crippen LogP contribution in [0.25, 0.3) is 0 Å². The maximum atomic E-state index is 8.52. The van der Waals surface area contributed by atoms with Crippen LogP contribution in [0.2, 0.25) is 0 Å². The summed E-state index contributed by atoms with van der Waals surface area (Å²) in [7, 11) is -5.17. The van der Waals surface area contributed by atoms with E-state index in [0.717, 1.165) is 0 Å². The quantitative estimate of drug-likeness (QED) is 0.276. The van der Waals surface area contributed by atoms with Crippen LogP contribution in [-0.2, 0) is 10.4 Å². The van der Waals surface area contributed by atoms with Crippen LogP contribution in [-0.4, -0.2) is 115 Å². The largest absolute Gasteiger partial charge is 2.00 e. The van der Waals surface area contributed by atoms with Gasteiger partial charge in [-0.05, 0) is 0 Å². The zero-order chi connectivity index (χ0) is 4.50. The molecule has 0 amide bonds. The van der Waals surface area contributed by atoms with Crippen molar-refractivity contribution < 1.29 is 28.5 Å². The Morgan fingerprint density at radius 1 is 1.00 bits per heavy atom. The predicted octanol–water partition coefficient (Wildman–Crippen LogP) is -2.45. The Morgan fingerprint density at radius 2 is 1.00 bits per heavy atom. The van der Waals surface area contributed by atoms with Crippen molar-refractivity contribution in [1.29, 1.82) is 0 Å². The SMILES string of the molecule is O=S(=O)([O-])[O-].[Ba+2].[Ca+2].[OH-].[OH-]. The summed E-state index contributed by atoms with van der Waals surface area (Å²) in [6.45, 7) is 0. The van der Waals surface area contributed by atoms with E-state index in [2.05, 4.69) is 0 Å². The average Bonchev–Trinajstić information content (AvgIpc) is 0.722. The van der Waals surface area contributed by atoms with Crippen molar-refractivity contribution in [3.63, 3.8) is 0 Å². The number of rotatable bonds is 0. The minimum Gasteiger partial charge on any atom is -0.870 e. The molecule has 0 saturated heterocycles. The second-order valence-electron chi connectivity index (χ2n) is 0.408. The maximum Gasteiger partial charge on any atom is 2.00 e. The van der Waals surface area contributed by atoms with Crippen LogP contribution in [0.1, 0.15) is 0 Å². The van der Waals surface area contributed by atoms with Crippen molar-refractivity contribution in [3.05, 3.63) is 0 Å². The standard InChI is InChI=1S/Ba.Ca.H2O4S.2H2O/c;;1-5(2,3)4;;/h;;(H2,1,2,3,4);2*1H2/q2*+2;;;/p-4. The monoisotopic (exact) mass is 308 g/mol. The minimum absolute atomic E-state index is 0. The molecule has 0 aromatic carbocycles. The van der Waals surface area contributed by atoms with E-state index in [1.54, 1.807) is 0 Å². The van der Waals surface area contributed by atoms with Gasteiger partial charge in [0.25, 0.3) is 0 Å². The third-order valence-electron chi connectivity index (χ3n) is 0. The predicted molar refractivity (Wildman–Crippen MR) is 25.9 cm³/mol. The van der Waals surface area contributed by atoms with Crippen molar-refractivity contribution in [3.8, 4) is 0 Å². The van der Waals surface area contributed by atoms with E-state index in [1.165, 1.54) is 0 Å². The van der Waals surface area contributed by atoms with Gasteiger partial charge in [0.2, 0.25) is 0 Å². The molecule has 0 fully saturated rings. The van der Waals surface area contributed by atoms with Gasteiger partial charge in [-0.2, -0.15) is 0 Å². The second-order valence-corrected chi connectivity index (χ2v) is 1.22. The molecular weight excluding hydrogens is 305 g/mol.